The van der Waals surface area contributed by atoms with E-state index < -0.39 is 0 Å². The summed E-state index contributed by atoms with van der Waals surface area (Å²) in [5.41, 5.74) is 8.77. The molecule has 0 aliphatic rings. The van der Waals surface area contributed by atoms with Crippen LogP contribution in [-0.4, -0.2) is 15.1 Å². The summed E-state index contributed by atoms with van der Waals surface area (Å²) in [6.45, 7) is 0.526. The van der Waals surface area contributed by atoms with Crippen molar-refractivity contribution < 1.29 is 4.52 Å². The summed E-state index contributed by atoms with van der Waals surface area (Å²) in [6.07, 6.45) is 5.07. The fourth-order valence-corrected chi connectivity index (χ4v) is 2.56. The van der Waals surface area contributed by atoms with E-state index in [4.69, 9.17) is 10.3 Å². The van der Waals surface area contributed by atoms with E-state index in [1.165, 1.54) is 5.56 Å². The number of nitrogens with zero attached hydrogens (tertiary/aromatic N) is 3. The molecule has 6 heteroatoms. The van der Waals surface area contributed by atoms with E-state index in [0.717, 1.165) is 22.0 Å². The molecule has 3 aromatic rings. The molecule has 0 saturated heterocycles. The molecule has 2 aromatic heterocycles. The van der Waals surface area contributed by atoms with Crippen molar-refractivity contribution in [2.24, 2.45) is 5.73 Å². The minimum absolute atomic E-state index is 0.526. The minimum atomic E-state index is 0.526. The number of pyridine rings is 1. The van der Waals surface area contributed by atoms with E-state index in [-0.39, 0.29) is 0 Å². The van der Waals surface area contributed by atoms with E-state index in [9.17, 15) is 0 Å². The lowest BCUT2D eigenvalue weighted by Gasteiger charge is -2.00. The van der Waals surface area contributed by atoms with Crippen LogP contribution >= 0.6 is 15.9 Å². The van der Waals surface area contributed by atoms with Crippen LogP contribution in [0.4, 0.5) is 0 Å². The molecule has 0 aliphatic heterocycles. The predicted molar refractivity (Wildman–Crippen MR) is 87.0 cm³/mol. The Labute approximate surface area is 136 Å². The molecule has 112 valence electrons. The molecule has 0 saturated carbocycles. The van der Waals surface area contributed by atoms with Gasteiger partial charge >= 0.3 is 0 Å². The third kappa shape index (κ3) is 3.40. The van der Waals surface area contributed by atoms with Crippen LogP contribution in [0.1, 0.15) is 17.0 Å². The predicted octanol–water partition coefficient (Wildman–Crippen LogP) is 3.14. The molecule has 2 heterocycles. The second kappa shape index (κ2) is 6.81. The van der Waals surface area contributed by atoms with Gasteiger partial charge in [-0.05, 0) is 39.5 Å². The Bertz CT molecular complexity index is 755. The second-order valence-corrected chi connectivity index (χ2v) is 5.73. The Morgan fingerprint density at radius 1 is 1.09 bits per heavy atom. The summed E-state index contributed by atoms with van der Waals surface area (Å²) in [6, 6.07) is 9.83. The number of nitrogens with two attached hydrogens (primary N) is 1. The highest BCUT2D eigenvalue weighted by atomic mass is 79.9. The molecular weight excluding hydrogens is 344 g/mol. The molecule has 0 fully saturated rings. The summed E-state index contributed by atoms with van der Waals surface area (Å²) < 4.78 is 6.31. The lowest BCUT2D eigenvalue weighted by molar-refractivity contribution is 0.379. The highest BCUT2D eigenvalue weighted by molar-refractivity contribution is 9.10. The number of halogens is 1. The van der Waals surface area contributed by atoms with E-state index in [1.807, 2.05) is 30.3 Å². The maximum Gasteiger partial charge on any atom is 0.227 e. The van der Waals surface area contributed by atoms with Gasteiger partial charge in [0.2, 0.25) is 11.7 Å². The van der Waals surface area contributed by atoms with Gasteiger partial charge in [-0.1, -0.05) is 29.4 Å². The normalized spacial score (nSPS) is 10.8. The van der Waals surface area contributed by atoms with Gasteiger partial charge in [-0.25, -0.2) is 0 Å². The maximum absolute atomic E-state index is 5.59. The SMILES string of the molecule is NCc1ccc(-c2noc(CCc3ccncc3Br)n2)cc1. The van der Waals surface area contributed by atoms with E-state index in [2.05, 4.69) is 31.1 Å². The van der Waals surface area contributed by atoms with E-state index >= 15 is 0 Å². The molecule has 0 bridgehead atoms. The number of aryl methyl sites for hydroxylation is 2. The summed E-state index contributed by atoms with van der Waals surface area (Å²) in [5, 5.41) is 4.04. The van der Waals surface area contributed by atoms with Crippen LogP contribution in [-0.2, 0) is 19.4 Å². The van der Waals surface area contributed by atoms with Crippen molar-refractivity contribution in [2.75, 3.05) is 0 Å². The van der Waals surface area contributed by atoms with Crippen molar-refractivity contribution in [3.8, 4) is 11.4 Å². The third-order valence-corrected chi connectivity index (χ3v) is 4.09. The van der Waals surface area contributed by atoms with Crippen LogP contribution < -0.4 is 5.73 Å². The Morgan fingerprint density at radius 3 is 2.64 bits per heavy atom. The highest BCUT2D eigenvalue weighted by Crippen LogP contribution is 2.19. The van der Waals surface area contributed by atoms with Crippen molar-refractivity contribution in [1.29, 1.82) is 0 Å². The number of rotatable bonds is 5. The van der Waals surface area contributed by atoms with Gasteiger partial charge in [-0.15, -0.1) is 0 Å². The minimum Gasteiger partial charge on any atom is -0.339 e. The summed E-state index contributed by atoms with van der Waals surface area (Å²) in [4.78, 5) is 8.49. The first kappa shape index (κ1) is 14.9. The topological polar surface area (TPSA) is 77.8 Å². The molecule has 22 heavy (non-hydrogen) atoms. The fraction of sp³-hybridized carbons (Fsp3) is 0.188. The first-order valence-electron chi connectivity index (χ1n) is 6.96. The molecule has 0 atom stereocenters. The van der Waals surface area contributed by atoms with Crippen LogP contribution in [0.2, 0.25) is 0 Å². The van der Waals surface area contributed by atoms with Gasteiger partial charge < -0.3 is 10.3 Å². The van der Waals surface area contributed by atoms with Gasteiger partial charge in [0.25, 0.3) is 0 Å². The van der Waals surface area contributed by atoms with Crippen LogP contribution in [0.3, 0.4) is 0 Å². The Hall–Kier alpha value is -2.05. The molecule has 5 nitrogen and oxygen atoms in total. The molecule has 0 aliphatic carbocycles. The number of hydrogen-bond donors (Lipinski definition) is 1. The molecule has 0 unspecified atom stereocenters. The van der Waals surface area contributed by atoms with Crippen molar-refractivity contribution >= 4 is 15.9 Å². The average molecular weight is 359 g/mol. The molecule has 1 aromatic carbocycles. The van der Waals surface area contributed by atoms with Gasteiger partial charge in [0.05, 0.1) is 0 Å². The Kier molecular flexibility index (Phi) is 4.60. The van der Waals surface area contributed by atoms with Crippen LogP contribution in [0.15, 0.2) is 51.7 Å². The summed E-state index contributed by atoms with van der Waals surface area (Å²) in [7, 11) is 0. The van der Waals surface area contributed by atoms with Gasteiger partial charge in [0.15, 0.2) is 0 Å². The first-order valence-corrected chi connectivity index (χ1v) is 7.76. The standard InChI is InChI=1S/C16H15BrN4O/c17-14-10-19-8-7-12(14)5-6-15-20-16(21-22-15)13-3-1-11(9-18)2-4-13/h1-4,7-8,10H,5-6,9,18H2. The zero-order valence-electron chi connectivity index (χ0n) is 11.9. The van der Waals surface area contributed by atoms with Crippen LogP contribution in [0, 0.1) is 0 Å². The molecular formula is C16H15BrN4O. The number of hydrogen-bond acceptors (Lipinski definition) is 5. The van der Waals surface area contributed by atoms with Crippen LogP contribution in [0.5, 0.6) is 0 Å². The van der Waals surface area contributed by atoms with Crippen molar-refractivity contribution in [1.82, 2.24) is 15.1 Å². The summed E-state index contributed by atoms with van der Waals surface area (Å²) >= 11 is 3.49. The molecule has 2 N–H and O–H groups in total. The highest BCUT2D eigenvalue weighted by Gasteiger charge is 2.09. The molecule has 0 spiro atoms. The largest absolute Gasteiger partial charge is 0.339 e. The Balaban J connectivity index is 1.69. The van der Waals surface area contributed by atoms with Gasteiger partial charge in [0, 0.05) is 35.4 Å². The Morgan fingerprint density at radius 2 is 1.91 bits per heavy atom. The van der Waals surface area contributed by atoms with Crippen LogP contribution in [0.25, 0.3) is 11.4 Å². The van der Waals surface area contributed by atoms with Crippen molar-refractivity contribution in [3.05, 3.63) is 64.2 Å². The first-order chi connectivity index (χ1) is 10.8. The van der Waals surface area contributed by atoms with Crippen molar-refractivity contribution in [2.45, 2.75) is 19.4 Å². The molecule has 3 rings (SSSR count). The monoisotopic (exact) mass is 358 g/mol. The lowest BCUT2D eigenvalue weighted by Crippen LogP contribution is -1.95. The average Bonchev–Trinajstić information content (AvgIpc) is 3.03. The molecule has 0 radical (unpaired) electrons. The smallest absolute Gasteiger partial charge is 0.227 e. The van der Waals surface area contributed by atoms with Crippen molar-refractivity contribution in [3.63, 3.8) is 0 Å². The van der Waals surface area contributed by atoms with Gasteiger partial charge in [0.1, 0.15) is 0 Å². The molecule has 0 amide bonds. The fourth-order valence-electron chi connectivity index (χ4n) is 2.11. The maximum atomic E-state index is 5.59. The zero-order valence-corrected chi connectivity index (χ0v) is 13.5. The van der Waals surface area contributed by atoms with Gasteiger partial charge in [-0.2, -0.15) is 4.98 Å². The second-order valence-electron chi connectivity index (χ2n) is 4.88. The zero-order chi connectivity index (χ0) is 15.4. The van der Waals surface area contributed by atoms with E-state index in [1.54, 1.807) is 12.4 Å². The van der Waals surface area contributed by atoms with Gasteiger partial charge in [-0.3, -0.25) is 4.98 Å². The number of benzene rings is 1. The lowest BCUT2D eigenvalue weighted by atomic mass is 10.1. The number of aromatic nitrogens is 3. The third-order valence-electron chi connectivity index (χ3n) is 3.38. The quantitative estimate of drug-likeness (QED) is 0.757. The van der Waals surface area contributed by atoms with E-state index in [0.29, 0.717) is 24.7 Å². The summed E-state index contributed by atoms with van der Waals surface area (Å²) in [5.74, 6) is 1.23.